The van der Waals surface area contributed by atoms with E-state index in [4.69, 9.17) is 0 Å². The standard InChI is InChI=1S/C17H33N3/c1-18-17(15-7-3-2-4-8-15)14-19-11-12-20-10-6-5-9-16(20)13-19/h15-18H,2-14H2,1H3. The Kier molecular flexibility index (Phi) is 5.36. The molecule has 0 amide bonds. The second kappa shape index (κ2) is 7.24. The zero-order valence-corrected chi connectivity index (χ0v) is 13.3. The third-order valence-corrected chi connectivity index (χ3v) is 5.97. The fourth-order valence-corrected chi connectivity index (χ4v) is 4.68. The molecule has 2 atom stereocenters. The monoisotopic (exact) mass is 279 g/mol. The second-order valence-electron chi connectivity index (χ2n) is 7.24. The molecule has 0 aromatic rings. The highest BCUT2D eigenvalue weighted by molar-refractivity contribution is 4.88. The summed E-state index contributed by atoms with van der Waals surface area (Å²) < 4.78 is 0. The first kappa shape index (κ1) is 14.8. The van der Waals surface area contributed by atoms with E-state index in [9.17, 15) is 0 Å². The van der Waals surface area contributed by atoms with E-state index < -0.39 is 0 Å². The summed E-state index contributed by atoms with van der Waals surface area (Å²) in [7, 11) is 2.18. The van der Waals surface area contributed by atoms with Crippen LogP contribution in [0.5, 0.6) is 0 Å². The van der Waals surface area contributed by atoms with Gasteiger partial charge in [-0.2, -0.15) is 0 Å². The lowest BCUT2D eigenvalue weighted by Crippen LogP contribution is -2.57. The number of hydrogen-bond donors (Lipinski definition) is 1. The van der Waals surface area contributed by atoms with E-state index >= 15 is 0 Å². The highest BCUT2D eigenvalue weighted by Crippen LogP contribution is 2.28. The van der Waals surface area contributed by atoms with Crippen LogP contribution >= 0.6 is 0 Å². The molecule has 0 spiro atoms. The van der Waals surface area contributed by atoms with Gasteiger partial charge in [-0.1, -0.05) is 25.7 Å². The maximum atomic E-state index is 3.64. The van der Waals surface area contributed by atoms with Gasteiger partial charge in [0.15, 0.2) is 0 Å². The van der Waals surface area contributed by atoms with Gasteiger partial charge < -0.3 is 5.32 Å². The number of hydrogen-bond acceptors (Lipinski definition) is 3. The number of nitrogens with one attached hydrogen (secondary N) is 1. The number of piperazine rings is 1. The van der Waals surface area contributed by atoms with Gasteiger partial charge in [-0.3, -0.25) is 9.80 Å². The molecule has 0 aromatic carbocycles. The van der Waals surface area contributed by atoms with E-state index in [0.717, 1.165) is 18.0 Å². The molecule has 3 aliphatic rings. The normalized spacial score (nSPS) is 31.9. The summed E-state index contributed by atoms with van der Waals surface area (Å²) in [6.07, 6.45) is 11.6. The summed E-state index contributed by atoms with van der Waals surface area (Å²) in [6, 6.07) is 1.59. The summed E-state index contributed by atoms with van der Waals surface area (Å²) in [5.41, 5.74) is 0. The van der Waals surface area contributed by atoms with Crippen LogP contribution in [-0.2, 0) is 0 Å². The van der Waals surface area contributed by atoms with Crippen LogP contribution in [0.1, 0.15) is 51.4 Å². The molecule has 2 unspecified atom stereocenters. The topological polar surface area (TPSA) is 18.5 Å². The number of fused-ring (bicyclic) bond motifs is 1. The Hall–Kier alpha value is -0.120. The van der Waals surface area contributed by atoms with Crippen LogP contribution in [0.25, 0.3) is 0 Å². The van der Waals surface area contributed by atoms with Crippen LogP contribution in [0, 0.1) is 5.92 Å². The smallest absolute Gasteiger partial charge is 0.0223 e. The van der Waals surface area contributed by atoms with Gasteiger partial charge in [0, 0.05) is 38.3 Å². The molecule has 3 nitrogen and oxygen atoms in total. The molecular formula is C17H33N3. The quantitative estimate of drug-likeness (QED) is 0.852. The van der Waals surface area contributed by atoms with Crippen molar-refractivity contribution in [3.05, 3.63) is 0 Å². The van der Waals surface area contributed by atoms with Crippen molar-refractivity contribution in [3.8, 4) is 0 Å². The van der Waals surface area contributed by atoms with Crippen LogP contribution in [0.4, 0.5) is 0 Å². The highest BCUT2D eigenvalue weighted by atomic mass is 15.3. The van der Waals surface area contributed by atoms with E-state index in [-0.39, 0.29) is 0 Å². The maximum absolute atomic E-state index is 3.64. The van der Waals surface area contributed by atoms with Gasteiger partial charge in [-0.15, -0.1) is 0 Å². The van der Waals surface area contributed by atoms with Gasteiger partial charge in [0.25, 0.3) is 0 Å². The lowest BCUT2D eigenvalue weighted by molar-refractivity contribution is 0.0399. The fourth-order valence-electron chi connectivity index (χ4n) is 4.68. The third-order valence-electron chi connectivity index (χ3n) is 5.97. The Morgan fingerprint density at radius 1 is 0.950 bits per heavy atom. The zero-order chi connectivity index (χ0) is 13.8. The minimum atomic E-state index is 0.727. The third kappa shape index (κ3) is 3.55. The SMILES string of the molecule is CNC(CN1CCN2CCCCC2C1)C1CCCCC1. The summed E-state index contributed by atoms with van der Waals surface area (Å²) in [6.45, 7) is 6.57. The van der Waals surface area contributed by atoms with Crippen LogP contribution < -0.4 is 5.32 Å². The summed E-state index contributed by atoms with van der Waals surface area (Å²) >= 11 is 0. The van der Waals surface area contributed by atoms with Gasteiger partial charge in [0.2, 0.25) is 0 Å². The van der Waals surface area contributed by atoms with Gasteiger partial charge in [0.1, 0.15) is 0 Å². The molecule has 2 heterocycles. The van der Waals surface area contributed by atoms with E-state index in [1.54, 1.807) is 0 Å². The second-order valence-corrected chi connectivity index (χ2v) is 7.24. The molecule has 3 fully saturated rings. The Bertz CT molecular complexity index is 288. The first-order chi connectivity index (χ1) is 9.86. The van der Waals surface area contributed by atoms with Crippen molar-refractivity contribution in [2.24, 2.45) is 5.92 Å². The molecule has 116 valence electrons. The van der Waals surface area contributed by atoms with E-state index in [1.807, 2.05) is 0 Å². The molecule has 2 aliphatic heterocycles. The molecule has 1 aliphatic carbocycles. The summed E-state index contributed by atoms with van der Waals surface area (Å²) in [5, 5.41) is 3.64. The average Bonchev–Trinajstić information content (AvgIpc) is 2.53. The van der Waals surface area contributed by atoms with Gasteiger partial charge in [0.05, 0.1) is 0 Å². The lowest BCUT2D eigenvalue weighted by atomic mass is 9.83. The zero-order valence-electron chi connectivity index (χ0n) is 13.3. The van der Waals surface area contributed by atoms with Gasteiger partial charge in [-0.05, 0) is 45.2 Å². The Balaban J connectivity index is 1.50. The van der Waals surface area contributed by atoms with Crippen molar-refractivity contribution in [2.45, 2.75) is 63.5 Å². The molecule has 2 saturated heterocycles. The van der Waals surface area contributed by atoms with E-state index in [2.05, 4.69) is 22.2 Å². The molecule has 20 heavy (non-hydrogen) atoms. The van der Waals surface area contributed by atoms with Crippen molar-refractivity contribution in [2.75, 3.05) is 39.8 Å². The first-order valence-electron chi connectivity index (χ1n) is 9.00. The molecule has 0 bridgehead atoms. The molecule has 3 rings (SSSR count). The predicted molar refractivity (Wildman–Crippen MR) is 85.1 cm³/mol. The summed E-state index contributed by atoms with van der Waals surface area (Å²) in [5.74, 6) is 0.929. The first-order valence-corrected chi connectivity index (χ1v) is 9.00. The lowest BCUT2D eigenvalue weighted by Gasteiger charge is -2.45. The van der Waals surface area contributed by atoms with Crippen molar-refractivity contribution in [3.63, 3.8) is 0 Å². The fraction of sp³-hybridized carbons (Fsp3) is 1.00. The number of nitrogens with zero attached hydrogens (tertiary/aromatic N) is 2. The van der Waals surface area contributed by atoms with Crippen molar-refractivity contribution < 1.29 is 0 Å². The Labute approximate surface area is 125 Å². The van der Waals surface area contributed by atoms with Crippen molar-refractivity contribution in [1.29, 1.82) is 0 Å². The largest absolute Gasteiger partial charge is 0.315 e. The highest BCUT2D eigenvalue weighted by Gasteiger charge is 2.31. The predicted octanol–water partition coefficient (Wildman–Crippen LogP) is 2.32. The molecular weight excluding hydrogens is 246 g/mol. The Morgan fingerprint density at radius 2 is 1.75 bits per heavy atom. The van der Waals surface area contributed by atoms with Crippen molar-refractivity contribution >= 4 is 0 Å². The molecule has 1 saturated carbocycles. The minimum Gasteiger partial charge on any atom is -0.315 e. The number of rotatable bonds is 4. The molecule has 3 heteroatoms. The van der Waals surface area contributed by atoms with Crippen LogP contribution in [0.2, 0.25) is 0 Å². The minimum absolute atomic E-state index is 0.727. The molecule has 1 N–H and O–H groups in total. The van der Waals surface area contributed by atoms with Crippen molar-refractivity contribution in [1.82, 2.24) is 15.1 Å². The average molecular weight is 279 g/mol. The Morgan fingerprint density at radius 3 is 2.55 bits per heavy atom. The summed E-state index contributed by atoms with van der Waals surface area (Å²) in [4.78, 5) is 5.50. The number of piperidine rings is 1. The molecule has 0 aromatic heterocycles. The van der Waals surface area contributed by atoms with E-state index in [0.29, 0.717) is 0 Å². The van der Waals surface area contributed by atoms with Gasteiger partial charge in [-0.25, -0.2) is 0 Å². The van der Waals surface area contributed by atoms with Crippen LogP contribution in [-0.4, -0.2) is 61.7 Å². The van der Waals surface area contributed by atoms with Crippen LogP contribution in [0.3, 0.4) is 0 Å². The number of likely N-dealkylation sites (N-methyl/N-ethyl adjacent to an activating group) is 1. The van der Waals surface area contributed by atoms with Crippen LogP contribution in [0.15, 0.2) is 0 Å². The maximum Gasteiger partial charge on any atom is 0.0223 e. The van der Waals surface area contributed by atoms with E-state index in [1.165, 1.54) is 84.1 Å². The molecule has 0 radical (unpaired) electrons. The van der Waals surface area contributed by atoms with Gasteiger partial charge >= 0.3 is 0 Å².